The summed E-state index contributed by atoms with van der Waals surface area (Å²) < 4.78 is 23.1. The summed E-state index contributed by atoms with van der Waals surface area (Å²) in [4.78, 5) is 4.34. The molecule has 0 atom stereocenters. The maximum absolute atomic E-state index is 10.2. The van der Waals surface area contributed by atoms with Gasteiger partial charge in [-0.15, -0.1) is 0 Å². The van der Waals surface area contributed by atoms with Crippen molar-refractivity contribution in [3.05, 3.63) is 47.5 Å². The molecule has 0 aliphatic carbocycles. The zero-order chi connectivity index (χ0) is 25.6. The second-order valence-corrected chi connectivity index (χ2v) is 8.78. The molecule has 36 heavy (non-hydrogen) atoms. The molecule has 1 heterocycles. The van der Waals surface area contributed by atoms with Crippen LogP contribution >= 0.6 is 0 Å². The van der Waals surface area contributed by atoms with E-state index in [-0.39, 0.29) is 11.5 Å². The molecule has 0 spiro atoms. The van der Waals surface area contributed by atoms with E-state index in [2.05, 4.69) is 9.80 Å². The van der Waals surface area contributed by atoms with Gasteiger partial charge in [-0.25, -0.2) is 0 Å². The third-order valence-electron chi connectivity index (χ3n) is 5.95. The Balaban J connectivity index is 1.49. The number of phenolic OH excluding ortho intramolecular Hbond substituents is 2. The maximum Gasteiger partial charge on any atom is 0.120 e. The summed E-state index contributed by atoms with van der Waals surface area (Å²) in [6, 6.07) is 10.2. The lowest BCUT2D eigenvalue weighted by Gasteiger charge is -2.24. The van der Waals surface area contributed by atoms with Gasteiger partial charge in [-0.2, -0.15) is 0 Å². The van der Waals surface area contributed by atoms with Gasteiger partial charge in [-0.1, -0.05) is 0 Å². The molecule has 2 aromatic rings. The van der Waals surface area contributed by atoms with Crippen LogP contribution in [-0.2, 0) is 32.0 Å². The number of ether oxygens (including phenoxy) is 4. The smallest absolute Gasteiger partial charge is 0.120 e. The minimum absolute atomic E-state index is 0.229. The molecule has 1 aliphatic heterocycles. The van der Waals surface area contributed by atoms with Gasteiger partial charge < -0.3 is 40.6 Å². The zero-order valence-electron chi connectivity index (χ0n) is 20.9. The van der Waals surface area contributed by atoms with Gasteiger partial charge in [0.15, 0.2) is 0 Å². The third kappa shape index (κ3) is 10.2. The number of anilines is 2. The van der Waals surface area contributed by atoms with Crippen molar-refractivity contribution in [3.8, 4) is 11.5 Å². The molecular weight excluding hydrogens is 464 g/mol. The molecule has 200 valence electrons. The van der Waals surface area contributed by atoms with Gasteiger partial charge in [-0.05, 0) is 36.4 Å². The van der Waals surface area contributed by atoms with Crippen molar-refractivity contribution in [2.24, 2.45) is 0 Å². The highest BCUT2D eigenvalue weighted by atomic mass is 16.5. The Morgan fingerprint density at radius 3 is 1.22 bits per heavy atom. The first-order valence-corrected chi connectivity index (χ1v) is 12.4. The van der Waals surface area contributed by atoms with E-state index in [1.807, 2.05) is 0 Å². The normalized spacial score (nSPS) is 18.9. The first-order valence-electron chi connectivity index (χ1n) is 12.4. The second kappa shape index (κ2) is 15.5. The van der Waals surface area contributed by atoms with Crippen molar-refractivity contribution in [3.63, 3.8) is 0 Å². The van der Waals surface area contributed by atoms with Crippen molar-refractivity contribution in [2.45, 2.75) is 13.1 Å². The lowest BCUT2D eigenvalue weighted by atomic mass is 10.1. The first-order chi connectivity index (χ1) is 17.5. The molecule has 0 saturated carbocycles. The standard InChI is InChI=1S/C26H40N4O6/c27-23-1-3-25(31)21(17-23)19-29-5-9-33-13-15-35-11-7-30(8-12-36-16-14-34-10-6-29)20-22-18-24(28)2-4-26(22)32/h1-4,17-18,31-32H,5-16,19-20,27-28H2. The molecule has 6 N–H and O–H groups in total. The molecule has 2 aromatic carbocycles. The number of benzene rings is 2. The van der Waals surface area contributed by atoms with Crippen LogP contribution in [0.3, 0.4) is 0 Å². The second-order valence-electron chi connectivity index (χ2n) is 8.78. The molecule has 0 unspecified atom stereocenters. The van der Waals surface area contributed by atoms with E-state index in [0.29, 0.717) is 103 Å². The molecule has 0 radical (unpaired) electrons. The minimum atomic E-state index is 0.229. The van der Waals surface area contributed by atoms with Gasteiger partial charge in [0.2, 0.25) is 0 Å². The van der Waals surface area contributed by atoms with Gasteiger partial charge in [0.25, 0.3) is 0 Å². The molecular formula is C26H40N4O6. The van der Waals surface area contributed by atoms with E-state index < -0.39 is 0 Å². The fourth-order valence-corrected chi connectivity index (χ4v) is 3.90. The topological polar surface area (TPSA) is 136 Å². The molecule has 1 aliphatic rings. The number of aromatic hydroxyl groups is 2. The molecule has 0 bridgehead atoms. The Bertz CT molecular complexity index is 822. The van der Waals surface area contributed by atoms with Gasteiger partial charge in [0.05, 0.1) is 52.9 Å². The number of nitrogens with zero attached hydrogens (tertiary/aromatic N) is 2. The Kier molecular flexibility index (Phi) is 12.0. The van der Waals surface area contributed by atoms with Crippen LogP contribution in [0.2, 0.25) is 0 Å². The van der Waals surface area contributed by atoms with Crippen molar-refractivity contribution in [1.82, 2.24) is 9.80 Å². The SMILES string of the molecule is Nc1ccc(O)c(CN2CCOCCOCCN(Cc3cc(N)ccc3O)CCOCCOCC2)c1. The summed E-state index contributed by atoms with van der Waals surface area (Å²) in [7, 11) is 0. The summed E-state index contributed by atoms with van der Waals surface area (Å²) in [5.74, 6) is 0.458. The number of hydrogen-bond donors (Lipinski definition) is 4. The monoisotopic (exact) mass is 504 g/mol. The fraction of sp³-hybridized carbons (Fsp3) is 0.538. The Hall–Kier alpha value is -2.60. The maximum atomic E-state index is 10.2. The Morgan fingerprint density at radius 1 is 0.556 bits per heavy atom. The summed E-state index contributed by atoms with van der Waals surface area (Å²) in [6.45, 7) is 7.97. The number of phenols is 2. The molecule has 10 nitrogen and oxygen atoms in total. The first kappa shape index (κ1) is 28.0. The number of nitrogen functional groups attached to an aromatic ring is 2. The minimum Gasteiger partial charge on any atom is -0.508 e. The highest BCUT2D eigenvalue weighted by molar-refractivity contribution is 5.48. The van der Waals surface area contributed by atoms with E-state index in [1.165, 1.54) is 0 Å². The fourth-order valence-electron chi connectivity index (χ4n) is 3.90. The van der Waals surface area contributed by atoms with Crippen LogP contribution < -0.4 is 11.5 Å². The van der Waals surface area contributed by atoms with Crippen LogP contribution in [0, 0.1) is 0 Å². The number of hydrogen-bond acceptors (Lipinski definition) is 10. The van der Waals surface area contributed by atoms with Gasteiger partial charge in [0.1, 0.15) is 11.5 Å². The Labute approximate surface area is 213 Å². The van der Waals surface area contributed by atoms with E-state index in [9.17, 15) is 10.2 Å². The lowest BCUT2D eigenvalue weighted by Crippen LogP contribution is -2.32. The van der Waals surface area contributed by atoms with Crippen LogP contribution in [0.4, 0.5) is 11.4 Å². The van der Waals surface area contributed by atoms with Crippen molar-refractivity contribution >= 4 is 11.4 Å². The summed E-state index contributed by atoms with van der Waals surface area (Å²) >= 11 is 0. The van der Waals surface area contributed by atoms with Crippen LogP contribution in [0.5, 0.6) is 11.5 Å². The lowest BCUT2D eigenvalue weighted by molar-refractivity contribution is 0.00612. The van der Waals surface area contributed by atoms with Crippen molar-refractivity contribution in [1.29, 1.82) is 0 Å². The predicted molar refractivity (Wildman–Crippen MR) is 139 cm³/mol. The molecule has 10 heteroatoms. The summed E-state index contributed by atoms with van der Waals surface area (Å²) in [6.07, 6.45) is 0. The largest absolute Gasteiger partial charge is 0.508 e. The van der Waals surface area contributed by atoms with Crippen molar-refractivity contribution in [2.75, 3.05) is 90.5 Å². The van der Waals surface area contributed by atoms with E-state index in [1.54, 1.807) is 36.4 Å². The van der Waals surface area contributed by atoms with E-state index in [0.717, 1.165) is 11.1 Å². The predicted octanol–water partition coefficient (Wildman–Crippen LogP) is 1.65. The van der Waals surface area contributed by atoms with Crippen LogP contribution in [0.25, 0.3) is 0 Å². The summed E-state index contributed by atoms with van der Waals surface area (Å²) in [5, 5.41) is 20.4. The molecule has 1 saturated heterocycles. The zero-order valence-corrected chi connectivity index (χ0v) is 20.9. The van der Waals surface area contributed by atoms with Gasteiger partial charge >= 0.3 is 0 Å². The molecule has 0 amide bonds. The van der Waals surface area contributed by atoms with Gasteiger partial charge in [-0.3, -0.25) is 9.80 Å². The van der Waals surface area contributed by atoms with Crippen LogP contribution in [0.1, 0.15) is 11.1 Å². The van der Waals surface area contributed by atoms with Crippen LogP contribution in [0.15, 0.2) is 36.4 Å². The quantitative estimate of drug-likeness (QED) is 0.359. The van der Waals surface area contributed by atoms with Gasteiger partial charge in [0, 0.05) is 61.8 Å². The molecule has 3 rings (SSSR count). The average molecular weight is 505 g/mol. The highest BCUT2D eigenvalue weighted by Gasteiger charge is 2.12. The third-order valence-corrected chi connectivity index (χ3v) is 5.95. The number of nitrogens with two attached hydrogens (primary N) is 2. The van der Waals surface area contributed by atoms with Crippen molar-refractivity contribution < 1.29 is 29.2 Å². The average Bonchev–Trinajstić information content (AvgIpc) is 2.85. The molecule has 0 aromatic heterocycles. The Morgan fingerprint density at radius 2 is 0.889 bits per heavy atom. The van der Waals surface area contributed by atoms with Crippen LogP contribution in [-0.4, -0.2) is 99.0 Å². The van der Waals surface area contributed by atoms with E-state index >= 15 is 0 Å². The van der Waals surface area contributed by atoms with E-state index in [4.69, 9.17) is 30.4 Å². The highest BCUT2D eigenvalue weighted by Crippen LogP contribution is 2.22. The molecule has 1 fully saturated rings. The summed E-state index contributed by atoms with van der Waals surface area (Å²) in [5.41, 5.74) is 14.6. The number of rotatable bonds is 4.